The van der Waals surface area contributed by atoms with Crippen LogP contribution in [0.15, 0.2) is 36.4 Å². The molecule has 6 nitrogen and oxygen atoms in total. The number of piperazine rings is 1. The molecule has 1 aromatic carbocycles. The molecule has 0 unspecified atom stereocenters. The lowest BCUT2D eigenvalue weighted by molar-refractivity contribution is 0.0739. The number of nitrogens with zero attached hydrogens (tertiary/aromatic N) is 4. The van der Waals surface area contributed by atoms with Gasteiger partial charge in [-0.25, -0.2) is 4.39 Å². The molecule has 138 valence electrons. The molecule has 0 aliphatic carbocycles. The highest BCUT2D eigenvalue weighted by Gasteiger charge is 2.23. The Morgan fingerprint density at radius 2 is 1.77 bits per heavy atom. The van der Waals surface area contributed by atoms with Gasteiger partial charge in [0.05, 0.1) is 0 Å². The van der Waals surface area contributed by atoms with Crippen molar-refractivity contribution in [3.05, 3.63) is 47.9 Å². The SMILES string of the molecule is CC(C)CNc1ccc(C(=O)N2CCN(c3ccc(F)cc3)CC2)nn1. The van der Waals surface area contributed by atoms with Crippen LogP contribution in [0.1, 0.15) is 24.3 Å². The summed E-state index contributed by atoms with van der Waals surface area (Å²) in [6, 6.07) is 9.94. The molecular formula is C19H24FN5O. The Bertz CT molecular complexity index is 725. The van der Waals surface area contributed by atoms with Gasteiger partial charge in [0, 0.05) is 38.4 Å². The molecular weight excluding hydrogens is 333 g/mol. The van der Waals surface area contributed by atoms with Crippen molar-refractivity contribution in [2.24, 2.45) is 5.92 Å². The highest BCUT2D eigenvalue weighted by Crippen LogP contribution is 2.17. The highest BCUT2D eigenvalue weighted by atomic mass is 19.1. The van der Waals surface area contributed by atoms with Gasteiger partial charge in [-0.15, -0.1) is 10.2 Å². The first-order valence-electron chi connectivity index (χ1n) is 8.90. The molecule has 0 radical (unpaired) electrons. The van der Waals surface area contributed by atoms with Crippen molar-refractivity contribution in [2.45, 2.75) is 13.8 Å². The van der Waals surface area contributed by atoms with Crippen LogP contribution in [0.3, 0.4) is 0 Å². The molecule has 1 saturated heterocycles. The van der Waals surface area contributed by atoms with E-state index in [0.29, 0.717) is 43.6 Å². The molecule has 2 heterocycles. The van der Waals surface area contributed by atoms with Crippen LogP contribution in [0.4, 0.5) is 15.9 Å². The summed E-state index contributed by atoms with van der Waals surface area (Å²) in [5, 5.41) is 11.3. The Kier molecular flexibility index (Phi) is 5.65. The minimum Gasteiger partial charge on any atom is -0.368 e. The number of hydrogen-bond acceptors (Lipinski definition) is 5. The summed E-state index contributed by atoms with van der Waals surface area (Å²) >= 11 is 0. The van der Waals surface area contributed by atoms with Crippen molar-refractivity contribution in [1.29, 1.82) is 0 Å². The van der Waals surface area contributed by atoms with E-state index in [-0.39, 0.29) is 11.7 Å². The Hall–Kier alpha value is -2.70. The highest BCUT2D eigenvalue weighted by molar-refractivity contribution is 5.92. The summed E-state index contributed by atoms with van der Waals surface area (Å²) < 4.78 is 13.0. The third kappa shape index (κ3) is 4.47. The molecule has 1 amide bonds. The van der Waals surface area contributed by atoms with Gasteiger partial charge in [0.2, 0.25) is 0 Å². The van der Waals surface area contributed by atoms with Crippen LogP contribution in [0.25, 0.3) is 0 Å². The first-order valence-corrected chi connectivity index (χ1v) is 8.90. The summed E-state index contributed by atoms with van der Waals surface area (Å²) in [4.78, 5) is 16.5. The minimum atomic E-state index is -0.243. The lowest BCUT2D eigenvalue weighted by Crippen LogP contribution is -2.49. The average molecular weight is 357 g/mol. The number of carbonyl (C=O) groups excluding carboxylic acids is 1. The minimum absolute atomic E-state index is 0.105. The number of carbonyl (C=O) groups is 1. The molecule has 0 spiro atoms. The number of hydrogen-bond donors (Lipinski definition) is 1. The molecule has 1 aromatic heterocycles. The van der Waals surface area contributed by atoms with E-state index in [9.17, 15) is 9.18 Å². The quantitative estimate of drug-likeness (QED) is 0.891. The van der Waals surface area contributed by atoms with E-state index in [1.165, 1.54) is 12.1 Å². The van der Waals surface area contributed by atoms with E-state index in [0.717, 1.165) is 12.2 Å². The molecule has 1 fully saturated rings. The van der Waals surface area contributed by atoms with Gasteiger partial charge in [0.15, 0.2) is 5.69 Å². The van der Waals surface area contributed by atoms with Crippen LogP contribution in [0.5, 0.6) is 0 Å². The predicted octanol–water partition coefficient (Wildman–Crippen LogP) is 2.65. The van der Waals surface area contributed by atoms with Crippen molar-refractivity contribution < 1.29 is 9.18 Å². The Balaban J connectivity index is 1.55. The number of rotatable bonds is 5. The maximum Gasteiger partial charge on any atom is 0.274 e. The summed E-state index contributed by atoms with van der Waals surface area (Å²) in [6.45, 7) is 7.66. The standard InChI is InChI=1S/C19H24FN5O/c1-14(2)13-21-18-8-7-17(22-23-18)19(26)25-11-9-24(10-12-25)16-5-3-15(20)4-6-16/h3-8,14H,9-13H2,1-2H3,(H,21,23). The maximum atomic E-state index is 13.0. The molecule has 0 atom stereocenters. The van der Waals surface area contributed by atoms with E-state index in [2.05, 4.69) is 34.3 Å². The molecule has 1 aliphatic heterocycles. The fourth-order valence-corrected chi connectivity index (χ4v) is 2.83. The number of anilines is 2. The van der Waals surface area contributed by atoms with Gasteiger partial charge in [0.25, 0.3) is 5.91 Å². The van der Waals surface area contributed by atoms with Crippen LogP contribution >= 0.6 is 0 Å². The van der Waals surface area contributed by atoms with Crippen molar-refractivity contribution >= 4 is 17.4 Å². The zero-order chi connectivity index (χ0) is 18.5. The second kappa shape index (κ2) is 8.12. The summed E-state index contributed by atoms with van der Waals surface area (Å²) in [7, 11) is 0. The van der Waals surface area contributed by atoms with Crippen LogP contribution in [-0.2, 0) is 0 Å². The van der Waals surface area contributed by atoms with E-state index < -0.39 is 0 Å². The number of nitrogens with one attached hydrogen (secondary N) is 1. The van der Waals surface area contributed by atoms with Crippen LogP contribution < -0.4 is 10.2 Å². The van der Waals surface area contributed by atoms with Gasteiger partial charge in [-0.05, 0) is 42.3 Å². The second-order valence-electron chi connectivity index (χ2n) is 6.83. The average Bonchev–Trinajstić information content (AvgIpc) is 2.67. The van der Waals surface area contributed by atoms with Crippen LogP contribution in [-0.4, -0.2) is 53.7 Å². The van der Waals surface area contributed by atoms with E-state index >= 15 is 0 Å². The summed E-state index contributed by atoms with van der Waals surface area (Å²) in [5.41, 5.74) is 1.33. The van der Waals surface area contributed by atoms with E-state index in [1.807, 2.05) is 0 Å². The Morgan fingerprint density at radius 3 is 2.35 bits per heavy atom. The topological polar surface area (TPSA) is 61.4 Å². The molecule has 7 heteroatoms. The molecule has 0 bridgehead atoms. The van der Waals surface area contributed by atoms with Gasteiger partial charge in [0.1, 0.15) is 11.6 Å². The summed E-state index contributed by atoms with van der Waals surface area (Å²) in [5.74, 6) is 0.839. The second-order valence-corrected chi connectivity index (χ2v) is 6.83. The number of benzene rings is 1. The number of halogens is 1. The van der Waals surface area contributed by atoms with Crippen molar-refractivity contribution in [3.63, 3.8) is 0 Å². The lowest BCUT2D eigenvalue weighted by Gasteiger charge is -2.35. The Labute approximate surface area is 153 Å². The molecule has 1 N–H and O–H groups in total. The van der Waals surface area contributed by atoms with Gasteiger partial charge in [-0.3, -0.25) is 4.79 Å². The normalized spacial score (nSPS) is 14.6. The number of aromatic nitrogens is 2. The van der Waals surface area contributed by atoms with Crippen molar-refractivity contribution in [2.75, 3.05) is 42.9 Å². The predicted molar refractivity (Wildman–Crippen MR) is 99.9 cm³/mol. The maximum absolute atomic E-state index is 13.0. The molecule has 1 aliphatic rings. The van der Waals surface area contributed by atoms with Gasteiger partial charge < -0.3 is 15.1 Å². The fourth-order valence-electron chi connectivity index (χ4n) is 2.83. The third-order valence-corrected chi connectivity index (χ3v) is 4.33. The fraction of sp³-hybridized carbons (Fsp3) is 0.421. The van der Waals surface area contributed by atoms with Gasteiger partial charge in [-0.1, -0.05) is 13.8 Å². The zero-order valence-corrected chi connectivity index (χ0v) is 15.2. The third-order valence-electron chi connectivity index (χ3n) is 4.33. The van der Waals surface area contributed by atoms with Crippen molar-refractivity contribution in [1.82, 2.24) is 15.1 Å². The van der Waals surface area contributed by atoms with Gasteiger partial charge in [-0.2, -0.15) is 0 Å². The first kappa shape index (κ1) is 18.1. The molecule has 0 saturated carbocycles. The van der Waals surface area contributed by atoms with Crippen LogP contribution in [0, 0.1) is 11.7 Å². The van der Waals surface area contributed by atoms with E-state index in [1.54, 1.807) is 29.2 Å². The Morgan fingerprint density at radius 1 is 1.08 bits per heavy atom. The monoisotopic (exact) mass is 357 g/mol. The van der Waals surface area contributed by atoms with E-state index in [4.69, 9.17) is 0 Å². The number of amides is 1. The molecule has 3 rings (SSSR count). The zero-order valence-electron chi connectivity index (χ0n) is 15.2. The first-order chi connectivity index (χ1) is 12.5. The molecule has 2 aromatic rings. The summed E-state index contributed by atoms with van der Waals surface area (Å²) in [6.07, 6.45) is 0. The van der Waals surface area contributed by atoms with Crippen molar-refractivity contribution in [3.8, 4) is 0 Å². The molecule has 26 heavy (non-hydrogen) atoms. The van der Waals surface area contributed by atoms with Gasteiger partial charge >= 0.3 is 0 Å². The lowest BCUT2D eigenvalue weighted by atomic mass is 10.2. The smallest absolute Gasteiger partial charge is 0.274 e. The largest absolute Gasteiger partial charge is 0.368 e. The van der Waals surface area contributed by atoms with Crippen LogP contribution in [0.2, 0.25) is 0 Å².